The van der Waals surface area contributed by atoms with E-state index >= 15 is 0 Å². The predicted octanol–water partition coefficient (Wildman–Crippen LogP) is 5.06. The molecule has 0 aliphatic heterocycles. The molecule has 0 spiro atoms. The fourth-order valence-electron chi connectivity index (χ4n) is 1.60. The molecule has 1 unspecified atom stereocenters. The molecule has 1 N–H and O–H groups in total. The van der Waals surface area contributed by atoms with Crippen molar-refractivity contribution in [2.24, 2.45) is 0 Å². The first-order chi connectivity index (χ1) is 8.56. The van der Waals surface area contributed by atoms with Crippen LogP contribution in [0.5, 0.6) is 11.5 Å². The first-order valence-electron chi connectivity index (χ1n) is 5.47. The monoisotopic (exact) mass is 370 g/mol. The van der Waals surface area contributed by atoms with Crippen molar-refractivity contribution in [2.45, 2.75) is 13.0 Å². The highest BCUT2D eigenvalue weighted by molar-refractivity contribution is 9.10. The van der Waals surface area contributed by atoms with Crippen LogP contribution in [-0.4, -0.2) is 5.11 Å². The molecule has 4 heteroatoms. The summed E-state index contributed by atoms with van der Waals surface area (Å²) in [7, 11) is 0. The van der Waals surface area contributed by atoms with Crippen LogP contribution >= 0.6 is 31.9 Å². The van der Waals surface area contributed by atoms with E-state index in [9.17, 15) is 5.11 Å². The average Bonchev–Trinajstić information content (AvgIpc) is 2.31. The lowest BCUT2D eigenvalue weighted by molar-refractivity contribution is 0.195. The van der Waals surface area contributed by atoms with Crippen molar-refractivity contribution in [3.8, 4) is 11.5 Å². The minimum absolute atomic E-state index is 0.579. The van der Waals surface area contributed by atoms with Crippen molar-refractivity contribution >= 4 is 31.9 Å². The molecule has 1 atom stereocenters. The Labute approximate surface area is 123 Å². The molecular weight excluding hydrogens is 360 g/mol. The van der Waals surface area contributed by atoms with Crippen LogP contribution in [0.25, 0.3) is 0 Å². The van der Waals surface area contributed by atoms with Crippen LogP contribution in [0.15, 0.2) is 51.4 Å². The number of hydrogen-bond donors (Lipinski definition) is 1. The zero-order valence-corrected chi connectivity index (χ0v) is 12.9. The van der Waals surface area contributed by atoms with Gasteiger partial charge in [-0.25, -0.2) is 0 Å². The summed E-state index contributed by atoms with van der Waals surface area (Å²) in [6.07, 6.45) is -0.579. The third kappa shape index (κ3) is 3.34. The molecule has 0 aliphatic rings. The smallest absolute Gasteiger partial charge is 0.133 e. The molecule has 2 aromatic rings. The Kier molecular flexibility index (Phi) is 4.43. The van der Waals surface area contributed by atoms with Crippen LogP contribution in [0.3, 0.4) is 0 Å². The summed E-state index contributed by atoms with van der Waals surface area (Å²) < 4.78 is 7.67. The third-order valence-electron chi connectivity index (χ3n) is 2.45. The zero-order valence-electron chi connectivity index (χ0n) is 9.73. The zero-order chi connectivity index (χ0) is 13.1. The van der Waals surface area contributed by atoms with Crippen LogP contribution in [0, 0.1) is 0 Å². The van der Waals surface area contributed by atoms with Gasteiger partial charge in [0.1, 0.15) is 11.5 Å². The molecule has 18 heavy (non-hydrogen) atoms. The number of halogens is 2. The molecule has 2 aromatic carbocycles. The Morgan fingerprint density at radius 1 is 1.06 bits per heavy atom. The summed E-state index contributed by atoms with van der Waals surface area (Å²) in [5, 5.41) is 9.75. The topological polar surface area (TPSA) is 29.5 Å². The molecule has 2 rings (SSSR count). The molecule has 0 aliphatic carbocycles. The minimum atomic E-state index is -0.579. The van der Waals surface area contributed by atoms with Crippen LogP contribution < -0.4 is 4.74 Å². The Morgan fingerprint density at radius 2 is 1.78 bits per heavy atom. The highest BCUT2D eigenvalue weighted by Gasteiger charge is 2.10. The molecule has 0 aromatic heterocycles. The van der Waals surface area contributed by atoms with Crippen LogP contribution in [-0.2, 0) is 0 Å². The van der Waals surface area contributed by atoms with Crippen LogP contribution in [0.2, 0.25) is 0 Å². The normalized spacial score (nSPS) is 12.2. The molecule has 0 saturated heterocycles. The summed E-state index contributed by atoms with van der Waals surface area (Å²) >= 11 is 6.79. The Balaban J connectivity index is 2.34. The van der Waals surface area contributed by atoms with Crippen LogP contribution in [0.4, 0.5) is 0 Å². The van der Waals surface area contributed by atoms with E-state index < -0.39 is 6.10 Å². The lowest BCUT2D eigenvalue weighted by atomic mass is 10.1. The Hall–Kier alpha value is -0.840. The van der Waals surface area contributed by atoms with Gasteiger partial charge in [-0.3, -0.25) is 0 Å². The number of aliphatic hydroxyl groups excluding tert-OH is 1. The lowest BCUT2D eigenvalue weighted by Gasteiger charge is -2.13. The van der Waals surface area contributed by atoms with Gasteiger partial charge in [-0.1, -0.05) is 37.9 Å². The average molecular weight is 372 g/mol. The molecule has 0 fully saturated rings. The van der Waals surface area contributed by atoms with Gasteiger partial charge in [0.25, 0.3) is 0 Å². The van der Waals surface area contributed by atoms with E-state index in [0.717, 1.165) is 20.3 Å². The SMILES string of the molecule is CC(O)c1cc(Br)ccc1Oc1cccc(Br)c1. The summed E-state index contributed by atoms with van der Waals surface area (Å²) in [6.45, 7) is 1.72. The van der Waals surface area contributed by atoms with E-state index in [0.29, 0.717) is 5.75 Å². The van der Waals surface area contributed by atoms with Gasteiger partial charge in [0.15, 0.2) is 0 Å². The minimum Gasteiger partial charge on any atom is -0.457 e. The first kappa shape index (κ1) is 13.6. The fraction of sp³-hybridized carbons (Fsp3) is 0.143. The van der Waals surface area contributed by atoms with E-state index in [1.807, 2.05) is 42.5 Å². The summed E-state index contributed by atoms with van der Waals surface area (Å²) in [4.78, 5) is 0. The number of rotatable bonds is 3. The molecule has 0 amide bonds. The van der Waals surface area contributed by atoms with Crippen molar-refractivity contribution in [1.29, 1.82) is 0 Å². The Bertz CT molecular complexity index is 553. The summed E-state index contributed by atoms with van der Waals surface area (Å²) in [5.41, 5.74) is 0.754. The van der Waals surface area contributed by atoms with Gasteiger partial charge in [-0.05, 0) is 43.3 Å². The maximum atomic E-state index is 9.75. The second-order valence-corrected chi connectivity index (χ2v) is 5.75. The first-order valence-corrected chi connectivity index (χ1v) is 7.06. The van der Waals surface area contributed by atoms with Gasteiger partial charge in [0, 0.05) is 14.5 Å². The van der Waals surface area contributed by atoms with Crippen molar-refractivity contribution < 1.29 is 9.84 Å². The van der Waals surface area contributed by atoms with Gasteiger partial charge in [-0.2, -0.15) is 0 Å². The van der Waals surface area contributed by atoms with Crippen LogP contribution in [0.1, 0.15) is 18.6 Å². The van der Waals surface area contributed by atoms with E-state index in [-0.39, 0.29) is 0 Å². The Morgan fingerprint density at radius 3 is 2.44 bits per heavy atom. The van der Waals surface area contributed by atoms with Gasteiger partial charge < -0.3 is 9.84 Å². The molecule has 0 bridgehead atoms. The second kappa shape index (κ2) is 5.87. The standard InChI is InChI=1S/C14H12Br2O2/c1-9(17)13-8-11(16)5-6-14(13)18-12-4-2-3-10(15)7-12/h2-9,17H,1H3. The van der Waals surface area contributed by atoms with Crippen molar-refractivity contribution in [2.75, 3.05) is 0 Å². The van der Waals surface area contributed by atoms with Gasteiger partial charge in [0.05, 0.1) is 6.10 Å². The maximum absolute atomic E-state index is 9.75. The molecule has 0 saturated carbocycles. The quantitative estimate of drug-likeness (QED) is 0.817. The lowest BCUT2D eigenvalue weighted by Crippen LogP contribution is -1.96. The molecule has 0 radical (unpaired) electrons. The summed E-state index contributed by atoms with van der Waals surface area (Å²) in [6, 6.07) is 13.2. The molecule has 94 valence electrons. The maximum Gasteiger partial charge on any atom is 0.133 e. The number of hydrogen-bond acceptors (Lipinski definition) is 2. The molecule has 0 heterocycles. The second-order valence-electron chi connectivity index (χ2n) is 3.92. The van der Waals surface area contributed by atoms with E-state index in [2.05, 4.69) is 31.9 Å². The van der Waals surface area contributed by atoms with Gasteiger partial charge in [0.2, 0.25) is 0 Å². The van der Waals surface area contributed by atoms with Gasteiger partial charge in [-0.15, -0.1) is 0 Å². The highest BCUT2D eigenvalue weighted by Crippen LogP contribution is 2.32. The number of benzene rings is 2. The fourth-order valence-corrected chi connectivity index (χ4v) is 2.35. The summed E-state index contributed by atoms with van der Waals surface area (Å²) in [5.74, 6) is 1.39. The molecular formula is C14H12Br2O2. The number of aliphatic hydroxyl groups is 1. The van der Waals surface area contributed by atoms with E-state index in [4.69, 9.17) is 4.74 Å². The van der Waals surface area contributed by atoms with E-state index in [1.54, 1.807) is 6.92 Å². The highest BCUT2D eigenvalue weighted by atomic mass is 79.9. The number of ether oxygens (including phenoxy) is 1. The van der Waals surface area contributed by atoms with Crippen molar-refractivity contribution in [3.63, 3.8) is 0 Å². The van der Waals surface area contributed by atoms with E-state index in [1.165, 1.54) is 0 Å². The van der Waals surface area contributed by atoms with Crippen molar-refractivity contribution in [1.82, 2.24) is 0 Å². The largest absolute Gasteiger partial charge is 0.457 e. The molecule has 2 nitrogen and oxygen atoms in total. The van der Waals surface area contributed by atoms with Gasteiger partial charge >= 0.3 is 0 Å². The predicted molar refractivity (Wildman–Crippen MR) is 79.0 cm³/mol. The third-order valence-corrected chi connectivity index (χ3v) is 3.43. The van der Waals surface area contributed by atoms with Crippen molar-refractivity contribution in [3.05, 3.63) is 57.0 Å².